The van der Waals surface area contributed by atoms with E-state index >= 15 is 0 Å². The Morgan fingerprint density at radius 1 is 1.37 bits per heavy atom. The lowest BCUT2D eigenvalue weighted by molar-refractivity contribution is 0.0485. The first-order chi connectivity index (χ1) is 8.78. The van der Waals surface area contributed by atoms with Gasteiger partial charge >= 0.3 is 6.09 Å². The van der Waals surface area contributed by atoms with Gasteiger partial charge in [0.1, 0.15) is 5.60 Å². The van der Waals surface area contributed by atoms with Gasteiger partial charge in [-0.2, -0.15) is 0 Å². The van der Waals surface area contributed by atoms with Gasteiger partial charge in [0.05, 0.1) is 6.10 Å². The van der Waals surface area contributed by atoms with Crippen molar-refractivity contribution in [1.29, 1.82) is 0 Å². The van der Waals surface area contributed by atoms with E-state index in [2.05, 4.69) is 5.32 Å². The lowest BCUT2D eigenvalue weighted by atomic mass is 9.83. The summed E-state index contributed by atoms with van der Waals surface area (Å²) in [6.45, 7) is 7.56. The second-order valence-electron chi connectivity index (χ2n) is 6.74. The number of ether oxygens (including phenoxy) is 1. The van der Waals surface area contributed by atoms with Gasteiger partial charge in [-0.05, 0) is 59.3 Å². The molecule has 0 saturated heterocycles. The van der Waals surface area contributed by atoms with Crippen LogP contribution in [0.4, 0.5) is 4.79 Å². The normalized spacial score (nSPS) is 25.7. The van der Waals surface area contributed by atoms with Crippen LogP contribution in [-0.4, -0.2) is 28.9 Å². The first-order valence-electron chi connectivity index (χ1n) is 7.45. The fraction of sp³-hybridized carbons (Fsp3) is 0.933. The number of hydrogen-bond donors (Lipinski definition) is 2. The fourth-order valence-corrected chi connectivity index (χ4v) is 2.57. The molecular weight excluding hydrogens is 242 g/mol. The lowest BCUT2D eigenvalue weighted by Crippen LogP contribution is -2.38. The summed E-state index contributed by atoms with van der Waals surface area (Å²) < 4.78 is 5.22. The largest absolute Gasteiger partial charge is 0.444 e. The molecule has 1 fully saturated rings. The first-order valence-corrected chi connectivity index (χ1v) is 7.45. The molecule has 0 spiro atoms. The Balaban J connectivity index is 2.23. The predicted octanol–water partition coefficient (Wildman–Crippen LogP) is 3.23. The van der Waals surface area contributed by atoms with E-state index < -0.39 is 5.60 Å². The number of amides is 1. The summed E-state index contributed by atoms with van der Waals surface area (Å²) >= 11 is 0. The van der Waals surface area contributed by atoms with Crippen LogP contribution in [0.15, 0.2) is 0 Å². The number of carbonyl (C=O) groups is 1. The van der Waals surface area contributed by atoms with E-state index in [9.17, 15) is 9.90 Å². The van der Waals surface area contributed by atoms with Gasteiger partial charge < -0.3 is 15.2 Å². The first kappa shape index (κ1) is 16.3. The van der Waals surface area contributed by atoms with Crippen molar-refractivity contribution < 1.29 is 14.6 Å². The zero-order valence-electron chi connectivity index (χ0n) is 12.7. The van der Waals surface area contributed by atoms with Crippen LogP contribution in [0.25, 0.3) is 0 Å². The molecule has 1 saturated carbocycles. The third-order valence-corrected chi connectivity index (χ3v) is 3.60. The molecule has 3 atom stereocenters. The van der Waals surface area contributed by atoms with E-state index in [-0.39, 0.29) is 18.2 Å². The number of hydrogen-bond acceptors (Lipinski definition) is 3. The molecule has 4 heteroatoms. The Bertz CT molecular complexity index is 286. The van der Waals surface area contributed by atoms with Gasteiger partial charge in [-0.25, -0.2) is 4.79 Å². The van der Waals surface area contributed by atoms with Gasteiger partial charge in [-0.15, -0.1) is 0 Å². The van der Waals surface area contributed by atoms with Crippen LogP contribution >= 0.6 is 0 Å². The highest BCUT2D eigenvalue weighted by Crippen LogP contribution is 2.28. The summed E-state index contributed by atoms with van der Waals surface area (Å²) in [6.07, 6.45) is 5.75. The van der Waals surface area contributed by atoms with E-state index in [0.717, 1.165) is 32.1 Å². The van der Waals surface area contributed by atoms with Gasteiger partial charge in [0.2, 0.25) is 0 Å². The molecule has 0 heterocycles. The molecule has 1 aliphatic rings. The van der Waals surface area contributed by atoms with Crippen LogP contribution in [0, 0.1) is 5.92 Å². The van der Waals surface area contributed by atoms with Gasteiger partial charge in [-0.1, -0.05) is 12.8 Å². The van der Waals surface area contributed by atoms with Crippen molar-refractivity contribution in [2.75, 3.05) is 0 Å². The van der Waals surface area contributed by atoms with Gasteiger partial charge in [0.25, 0.3) is 0 Å². The molecule has 19 heavy (non-hydrogen) atoms. The Hall–Kier alpha value is -0.770. The smallest absolute Gasteiger partial charge is 0.407 e. The molecule has 0 aromatic rings. The SMILES string of the molecule is C[C@H](CC[C@@H]1CCCC[C@@H]1O)NC(=O)OC(C)(C)C. The summed E-state index contributed by atoms with van der Waals surface area (Å²) in [5.41, 5.74) is -0.455. The third kappa shape index (κ3) is 6.81. The van der Waals surface area contributed by atoms with Crippen molar-refractivity contribution in [2.45, 2.75) is 84.0 Å². The van der Waals surface area contributed by atoms with Crippen molar-refractivity contribution in [2.24, 2.45) is 5.92 Å². The highest BCUT2D eigenvalue weighted by atomic mass is 16.6. The maximum Gasteiger partial charge on any atom is 0.407 e. The number of rotatable bonds is 4. The Morgan fingerprint density at radius 2 is 2.00 bits per heavy atom. The number of aliphatic hydroxyl groups excluding tert-OH is 1. The second kappa shape index (κ2) is 7.13. The average molecular weight is 271 g/mol. The average Bonchev–Trinajstić information content (AvgIpc) is 2.25. The Morgan fingerprint density at radius 3 is 2.58 bits per heavy atom. The molecule has 1 rings (SSSR count). The summed E-state index contributed by atoms with van der Waals surface area (Å²) in [5, 5.41) is 12.8. The molecule has 0 unspecified atom stereocenters. The minimum Gasteiger partial charge on any atom is -0.444 e. The van der Waals surface area contributed by atoms with Crippen LogP contribution in [-0.2, 0) is 4.74 Å². The molecule has 1 amide bonds. The van der Waals surface area contributed by atoms with Crippen LogP contribution in [0.2, 0.25) is 0 Å². The summed E-state index contributed by atoms with van der Waals surface area (Å²) in [5.74, 6) is 0.400. The second-order valence-corrected chi connectivity index (χ2v) is 6.74. The minimum atomic E-state index is -0.455. The topological polar surface area (TPSA) is 58.6 Å². The van der Waals surface area contributed by atoms with E-state index in [1.54, 1.807) is 0 Å². The molecule has 0 bridgehead atoms. The Labute approximate surface area is 116 Å². The summed E-state index contributed by atoms with van der Waals surface area (Å²) in [7, 11) is 0. The standard InChI is InChI=1S/C15H29NO3/c1-11(16-14(18)19-15(2,3)4)9-10-12-7-5-6-8-13(12)17/h11-13,17H,5-10H2,1-4H3,(H,16,18)/t11-,12+,13+/m1/s1. The zero-order valence-corrected chi connectivity index (χ0v) is 12.7. The van der Waals surface area contributed by atoms with E-state index in [4.69, 9.17) is 4.74 Å². The molecule has 2 N–H and O–H groups in total. The van der Waals surface area contributed by atoms with Crippen LogP contribution in [0.5, 0.6) is 0 Å². The monoisotopic (exact) mass is 271 g/mol. The highest BCUT2D eigenvalue weighted by molar-refractivity contribution is 5.67. The molecule has 112 valence electrons. The third-order valence-electron chi connectivity index (χ3n) is 3.60. The Kier molecular flexibility index (Phi) is 6.11. The molecule has 0 aliphatic heterocycles. The van der Waals surface area contributed by atoms with E-state index in [1.807, 2.05) is 27.7 Å². The van der Waals surface area contributed by atoms with Crippen molar-refractivity contribution in [3.05, 3.63) is 0 Å². The number of aliphatic hydroxyl groups is 1. The quantitative estimate of drug-likeness (QED) is 0.825. The fourth-order valence-electron chi connectivity index (χ4n) is 2.57. The maximum absolute atomic E-state index is 11.6. The molecule has 4 nitrogen and oxygen atoms in total. The number of carbonyl (C=O) groups excluding carboxylic acids is 1. The molecular formula is C15H29NO3. The van der Waals surface area contributed by atoms with Crippen LogP contribution in [0.1, 0.15) is 66.2 Å². The number of nitrogens with one attached hydrogen (secondary N) is 1. The number of alkyl carbamates (subject to hydrolysis) is 1. The van der Waals surface area contributed by atoms with Crippen LogP contribution in [0.3, 0.4) is 0 Å². The van der Waals surface area contributed by atoms with Crippen LogP contribution < -0.4 is 5.32 Å². The van der Waals surface area contributed by atoms with Crippen molar-refractivity contribution in [3.8, 4) is 0 Å². The molecule has 0 radical (unpaired) electrons. The van der Waals surface area contributed by atoms with Gasteiger partial charge in [-0.3, -0.25) is 0 Å². The minimum absolute atomic E-state index is 0.0870. The van der Waals surface area contributed by atoms with E-state index in [0.29, 0.717) is 5.92 Å². The van der Waals surface area contributed by atoms with Crippen molar-refractivity contribution >= 4 is 6.09 Å². The molecule has 0 aromatic heterocycles. The molecule has 0 aromatic carbocycles. The van der Waals surface area contributed by atoms with E-state index in [1.165, 1.54) is 6.42 Å². The zero-order chi connectivity index (χ0) is 14.5. The summed E-state index contributed by atoms with van der Waals surface area (Å²) in [6, 6.07) is 0.0870. The highest BCUT2D eigenvalue weighted by Gasteiger charge is 2.24. The molecule has 1 aliphatic carbocycles. The summed E-state index contributed by atoms with van der Waals surface area (Å²) in [4.78, 5) is 11.6. The van der Waals surface area contributed by atoms with Gasteiger partial charge in [0, 0.05) is 6.04 Å². The van der Waals surface area contributed by atoms with Crippen molar-refractivity contribution in [3.63, 3.8) is 0 Å². The predicted molar refractivity (Wildman–Crippen MR) is 76.0 cm³/mol. The maximum atomic E-state index is 11.6. The lowest BCUT2D eigenvalue weighted by Gasteiger charge is -2.28. The van der Waals surface area contributed by atoms with Gasteiger partial charge in [0.15, 0.2) is 0 Å². The van der Waals surface area contributed by atoms with Crippen molar-refractivity contribution in [1.82, 2.24) is 5.32 Å².